The number of hydrogen-bond donors (Lipinski definition) is 2. The normalized spacial score (nSPS) is 18.0. The van der Waals surface area contributed by atoms with Gasteiger partial charge in [0.2, 0.25) is 11.8 Å². The van der Waals surface area contributed by atoms with Crippen LogP contribution in [-0.2, 0) is 9.59 Å². The second kappa shape index (κ2) is 7.52. The van der Waals surface area contributed by atoms with E-state index in [4.69, 9.17) is 27.9 Å². The van der Waals surface area contributed by atoms with Crippen molar-refractivity contribution in [3.05, 3.63) is 28.2 Å². The summed E-state index contributed by atoms with van der Waals surface area (Å²) < 4.78 is 5.47. The molecule has 0 aliphatic carbocycles. The highest BCUT2D eigenvalue weighted by molar-refractivity contribution is 6.42. The van der Waals surface area contributed by atoms with E-state index < -0.39 is 0 Å². The smallest absolute Gasteiger partial charge is 0.225 e. The maximum Gasteiger partial charge on any atom is 0.225 e. The Balaban J connectivity index is 1.71. The van der Waals surface area contributed by atoms with Gasteiger partial charge in [0.25, 0.3) is 0 Å². The van der Waals surface area contributed by atoms with Crippen LogP contribution in [0, 0.1) is 5.92 Å². The number of halogens is 2. The second-order valence-corrected chi connectivity index (χ2v) is 5.52. The number of benzene rings is 1. The lowest BCUT2D eigenvalue weighted by Gasteiger charge is -2.21. The number of ether oxygens (including phenoxy) is 1. The van der Waals surface area contributed by atoms with Gasteiger partial charge in [-0.05, 0) is 18.6 Å². The molecule has 2 N–H and O–H groups in total. The molecule has 1 aromatic carbocycles. The summed E-state index contributed by atoms with van der Waals surface area (Å²) in [6, 6.07) is 5.13. The number of nitrogens with one attached hydrogen (secondary N) is 2. The van der Waals surface area contributed by atoms with Gasteiger partial charge in [-0.3, -0.25) is 9.59 Å². The Morgan fingerprint density at radius 1 is 1.43 bits per heavy atom. The standard InChI is InChI=1S/C14H16Cl2N2O3/c15-10-2-1-3-11(13(10)16)21-7-6-17-14(20)9-4-5-12(19)18-8-9/h1-3,9H,4-8H2,(H,17,20)(H,18,19)/t9-/m0/s1. The first-order valence-corrected chi connectivity index (χ1v) is 7.44. The highest BCUT2D eigenvalue weighted by Crippen LogP contribution is 2.31. The van der Waals surface area contributed by atoms with Crippen molar-refractivity contribution in [1.29, 1.82) is 0 Å². The van der Waals surface area contributed by atoms with Crippen LogP contribution in [0.15, 0.2) is 18.2 Å². The largest absolute Gasteiger partial charge is 0.490 e. The number of amides is 2. The summed E-state index contributed by atoms with van der Waals surface area (Å²) in [5.74, 6) is 0.245. The molecule has 1 heterocycles. The van der Waals surface area contributed by atoms with Crippen LogP contribution >= 0.6 is 23.2 Å². The highest BCUT2D eigenvalue weighted by Gasteiger charge is 2.23. The summed E-state index contributed by atoms with van der Waals surface area (Å²) in [5, 5.41) is 6.25. The third-order valence-electron chi connectivity index (χ3n) is 3.21. The maximum absolute atomic E-state index is 11.9. The molecule has 1 saturated heterocycles. The average Bonchev–Trinajstić information content (AvgIpc) is 2.48. The molecule has 21 heavy (non-hydrogen) atoms. The van der Waals surface area contributed by atoms with Crippen LogP contribution in [-0.4, -0.2) is 31.5 Å². The van der Waals surface area contributed by atoms with Crippen LogP contribution < -0.4 is 15.4 Å². The Kier molecular flexibility index (Phi) is 5.70. The van der Waals surface area contributed by atoms with E-state index in [0.29, 0.717) is 48.3 Å². The zero-order valence-corrected chi connectivity index (χ0v) is 12.8. The van der Waals surface area contributed by atoms with Crippen molar-refractivity contribution in [3.8, 4) is 5.75 Å². The summed E-state index contributed by atoms with van der Waals surface area (Å²) in [7, 11) is 0. The minimum atomic E-state index is -0.169. The number of carbonyl (C=O) groups excluding carboxylic acids is 2. The lowest BCUT2D eigenvalue weighted by molar-refractivity contribution is -0.129. The molecule has 7 heteroatoms. The molecule has 1 aromatic rings. The summed E-state index contributed by atoms with van der Waals surface area (Å²) in [5.41, 5.74) is 0. The zero-order chi connectivity index (χ0) is 15.2. The van der Waals surface area contributed by atoms with Crippen molar-refractivity contribution in [2.24, 2.45) is 5.92 Å². The zero-order valence-electron chi connectivity index (χ0n) is 11.3. The van der Waals surface area contributed by atoms with E-state index >= 15 is 0 Å². The molecule has 0 radical (unpaired) electrons. The lowest BCUT2D eigenvalue weighted by Crippen LogP contribution is -2.43. The maximum atomic E-state index is 11.9. The highest BCUT2D eigenvalue weighted by atomic mass is 35.5. The SMILES string of the molecule is O=C1CC[C@H](C(=O)NCCOc2cccc(Cl)c2Cl)CN1. The Bertz CT molecular complexity index is 527. The molecule has 0 bridgehead atoms. The summed E-state index contributed by atoms with van der Waals surface area (Å²) in [6.07, 6.45) is 0.978. The molecule has 2 amide bonds. The fraction of sp³-hybridized carbons (Fsp3) is 0.429. The molecular formula is C14H16Cl2N2O3. The number of rotatable bonds is 5. The molecule has 1 aliphatic heterocycles. The summed E-state index contributed by atoms with van der Waals surface area (Å²) in [6.45, 7) is 1.06. The third kappa shape index (κ3) is 4.51. The fourth-order valence-corrected chi connectivity index (χ4v) is 2.38. The van der Waals surface area contributed by atoms with Gasteiger partial charge in [0, 0.05) is 13.0 Å². The van der Waals surface area contributed by atoms with Crippen molar-refractivity contribution < 1.29 is 14.3 Å². The van der Waals surface area contributed by atoms with Gasteiger partial charge >= 0.3 is 0 Å². The van der Waals surface area contributed by atoms with Crippen molar-refractivity contribution >= 4 is 35.0 Å². The predicted molar refractivity (Wildman–Crippen MR) is 80.7 cm³/mol. The second-order valence-electron chi connectivity index (χ2n) is 4.73. The Hall–Kier alpha value is -1.46. The quantitative estimate of drug-likeness (QED) is 0.811. The monoisotopic (exact) mass is 330 g/mol. The van der Waals surface area contributed by atoms with Gasteiger partial charge in [-0.2, -0.15) is 0 Å². The molecule has 114 valence electrons. The molecular weight excluding hydrogens is 315 g/mol. The van der Waals surface area contributed by atoms with Crippen molar-refractivity contribution in [2.45, 2.75) is 12.8 Å². The van der Waals surface area contributed by atoms with Crippen LogP contribution in [0.2, 0.25) is 10.0 Å². The van der Waals surface area contributed by atoms with Crippen LogP contribution in [0.1, 0.15) is 12.8 Å². The van der Waals surface area contributed by atoms with Crippen LogP contribution in [0.4, 0.5) is 0 Å². The van der Waals surface area contributed by atoms with Crippen molar-refractivity contribution in [3.63, 3.8) is 0 Å². The van der Waals surface area contributed by atoms with E-state index in [2.05, 4.69) is 10.6 Å². The molecule has 0 unspecified atom stereocenters. The Morgan fingerprint density at radius 3 is 2.95 bits per heavy atom. The fourth-order valence-electron chi connectivity index (χ4n) is 2.03. The first kappa shape index (κ1) is 15.9. The topological polar surface area (TPSA) is 67.4 Å². The van der Waals surface area contributed by atoms with Crippen molar-refractivity contribution in [1.82, 2.24) is 10.6 Å². The Labute approximate surface area is 132 Å². The van der Waals surface area contributed by atoms with Gasteiger partial charge in [0.1, 0.15) is 17.4 Å². The van der Waals surface area contributed by atoms with Gasteiger partial charge in [0.15, 0.2) is 0 Å². The molecule has 1 fully saturated rings. The summed E-state index contributed by atoms with van der Waals surface area (Å²) >= 11 is 11.9. The van der Waals surface area contributed by atoms with E-state index in [0.717, 1.165) is 0 Å². The van der Waals surface area contributed by atoms with E-state index in [1.165, 1.54) is 0 Å². The Morgan fingerprint density at radius 2 is 2.24 bits per heavy atom. The lowest BCUT2D eigenvalue weighted by atomic mass is 9.98. The van der Waals surface area contributed by atoms with Gasteiger partial charge in [0.05, 0.1) is 17.5 Å². The number of carbonyl (C=O) groups is 2. The van der Waals surface area contributed by atoms with Gasteiger partial charge < -0.3 is 15.4 Å². The van der Waals surface area contributed by atoms with E-state index in [1.54, 1.807) is 18.2 Å². The van der Waals surface area contributed by atoms with Crippen LogP contribution in [0.3, 0.4) is 0 Å². The third-order valence-corrected chi connectivity index (χ3v) is 4.01. The molecule has 1 atom stereocenters. The van der Waals surface area contributed by atoms with E-state index in [9.17, 15) is 9.59 Å². The van der Waals surface area contributed by atoms with Gasteiger partial charge in [-0.15, -0.1) is 0 Å². The van der Waals surface area contributed by atoms with Crippen molar-refractivity contribution in [2.75, 3.05) is 19.7 Å². The molecule has 0 saturated carbocycles. The van der Waals surface area contributed by atoms with Gasteiger partial charge in [-0.25, -0.2) is 0 Å². The number of piperidine rings is 1. The minimum Gasteiger partial charge on any atom is -0.490 e. The van der Waals surface area contributed by atoms with Crippen LogP contribution in [0.25, 0.3) is 0 Å². The van der Waals surface area contributed by atoms with Gasteiger partial charge in [-0.1, -0.05) is 29.3 Å². The van der Waals surface area contributed by atoms with E-state index in [1.807, 2.05) is 0 Å². The molecule has 1 aliphatic rings. The minimum absolute atomic E-state index is 0.00187. The molecule has 5 nitrogen and oxygen atoms in total. The first-order chi connectivity index (χ1) is 10.1. The first-order valence-electron chi connectivity index (χ1n) is 6.69. The molecule has 0 aromatic heterocycles. The van der Waals surface area contributed by atoms with Crippen LogP contribution in [0.5, 0.6) is 5.75 Å². The molecule has 2 rings (SSSR count). The predicted octanol–water partition coefficient (Wildman–Crippen LogP) is 2.01. The molecule has 0 spiro atoms. The van der Waals surface area contributed by atoms with E-state index in [-0.39, 0.29) is 17.7 Å². The summed E-state index contributed by atoms with van der Waals surface area (Å²) in [4.78, 5) is 22.9. The number of hydrogen-bond acceptors (Lipinski definition) is 3. The average molecular weight is 331 g/mol.